The molecular weight excluding hydrogens is 266 g/mol. The molecule has 0 aliphatic carbocycles. The summed E-state index contributed by atoms with van der Waals surface area (Å²) < 4.78 is 0. The summed E-state index contributed by atoms with van der Waals surface area (Å²) in [6.45, 7) is 5.95. The Balaban J connectivity index is 2.93. The van der Waals surface area contributed by atoms with E-state index < -0.39 is 11.9 Å². The van der Waals surface area contributed by atoms with E-state index in [9.17, 15) is 9.59 Å². The lowest BCUT2D eigenvalue weighted by Crippen LogP contribution is -2.36. The number of hydrogen-bond acceptors (Lipinski definition) is 2. The van der Waals surface area contributed by atoms with E-state index in [-0.39, 0.29) is 12.5 Å². The fraction of sp³-hybridized carbons (Fsp3) is 0.529. The van der Waals surface area contributed by atoms with Gasteiger partial charge < -0.3 is 10.0 Å². The average molecular weight is 291 g/mol. The summed E-state index contributed by atoms with van der Waals surface area (Å²) in [5.41, 5.74) is 1.98. The van der Waals surface area contributed by atoms with Crippen molar-refractivity contribution in [3.8, 4) is 0 Å². The summed E-state index contributed by atoms with van der Waals surface area (Å²) in [6.07, 6.45) is 3.17. The molecule has 116 valence electrons. The van der Waals surface area contributed by atoms with Crippen molar-refractivity contribution in [2.75, 3.05) is 11.4 Å². The number of carboxylic acid groups (broad SMARTS) is 1. The van der Waals surface area contributed by atoms with Crippen LogP contribution in [-0.4, -0.2) is 23.5 Å². The van der Waals surface area contributed by atoms with Crippen molar-refractivity contribution in [3.05, 3.63) is 29.8 Å². The number of anilines is 1. The zero-order valence-electron chi connectivity index (χ0n) is 13.1. The average Bonchev–Trinajstić information content (AvgIpc) is 2.50. The first-order valence-electron chi connectivity index (χ1n) is 7.61. The zero-order chi connectivity index (χ0) is 15.8. The smallest absolute Gasteiger partial charge is 0.308 e. The molecule has 0 spiro atoms. The van der Waals surface area contributed by atoms with Gasteiger partial charge in [0, 0.05) is 18.7 Å². The normalized spacial score (nSPS) is 12.0. The minimum Gasteiger partial charge on any atom is -0.481 e. The standard InChI is InChI=1S/C17H25NO3/c1-4-6-7-16(19)18(12-13(3)17(20)21)15-10-8-14(5-2)9-11-15/h8-11,13H,4-7,12H2,1-3H3,(H,20,21). The van der Waals surface area contributed by atoms with Crippen LogP contribution in [0.15, 0.2) is 24.3 Å². The topological polar surface area (TPSA) is 57.6 Å². The fourth-order valence-electron chi connectivity index (χ4n) is 2.08. The third-order valence-corrected chi connectivity index (χ3v) is 3.58. The maximum Gasteiger partial charge on any atom is 0.308 e. The van der Waals surface area contributed by atoms with Gasteiger partial charge in [0.1, 0.15) is 0 Å². The molecule has 0 fully saturated rings. The second-order valence-electron chi connectivity index (χ2n) is 5.37. The van der Waals surface area contributed by atoms with Crippen LogP contribution in [-0.2, 0) is 16.0 Å². The number of nitrogens with zero attached hydrogens (tertiary/aromatic N) is 1. The summed E-state index contributed by atoms with van der Waals surface area (Å²) in [7, 11) is 0. The number of rotatable bonds is 8. The number of carbonyl (C=O) groups is 2. The molecule has 0 saturated carbocycles. The van der Waals surface area contributed by atoms with Crippen molar-refractivity contribution in [1.29, 1.82) is 0 Å². The van der Waals surface area contributed by atoms with Gasteiger partial charge in [-0.25, -0.2) is 0 Å². The van der Waals surface area contributed by atoms with Crippen molar-refractivity contribution in [2.24, 2.45) is 5.92 Å². The van der Waals surface area contributed by atoms with E-state index in [4.69, 9.17) is 5.11 Å². The van der Waals surface area contributed by atoms with Gasteiger partial charge in [0.2, 0.25) is 5.91 Å². The second-order valence-corrected chi connectivity index (χ2v) is 5.37. The summed E-state index contributed by atoms with van der Waals surface area (Å²) in [5.74, 6) is -1.47. The van der Waals surface area contributed by atoms with Crippen LogP contribution < -0.4 is 4.90 Å². The molecule has 1 N–H and O–H groups in total. The zero-order valence-corrected chi connectivity index (χ0v) is 13.1. The van der Waals surface area contributed by atoms with Gasteiger partial charge in [0.05, 0.1) is 5.92 Å². The maximum absolute atomic E-state index is 12.3. The van der Waals surface area contributed by atoms with Crippen molar-refractivity contribution in [1.82, 2.24) is 0 Å². The molecule has 1 amide bonds. The van der Waals surface area contributed by atoms with Crippen LogP contribution in [0.25, 0.3) is 0 Å². The highest BCUT2D eigenvalue weighted by Crippen LogP contribution is 2.19. The van der Waals surface area contributed by atoms with Gasteiger partial charge in [0.25, 0.3) is 0 Å². The van der Waals surface area contributed by atoms with E-state index in [1.54, 1.807) is 11.8 Å². The number of aliphatic carboxylic acids is 1. The molecule has 0 aliphatic rings. The first kappa shape index (κ1) is 17.2. The lowest BCUT2D eigenvalue weighted by molar-refractivity contribution is -0.140. The van der Waals surface area contributed by atoms with Crippen LogP contribution >= 0.6 is 0 Å². The molecule has 1 rings (SSSR count). The monoisotopic (exact) mass is 291 g/mol. The Morgan fingerprint density at radius 2 is 1.81 bits per heavy atom. The fourth-order valence-corrected chi connectivity index (χ4v) is 2.08. The van der Waals surface area contributed by atoms with Gasteiger partial charge in [-0.15, -0.1) is 0 Å². The molecule has 0 saturated heterocycles. The molecule has 0 aliphatic heterocycles. The van der Waals surface area contributed by atoms with Crippen LogP contribution in [0.3, 0.4) is 0 Å². The molecule has 1 aromatic carbocycles. The van der Waals surface area contributed by atoms with E-state index in [0.29, 0.717) is 6.42 Å². The van der Waals surface area contributed by atoms with E-state index in [2.05, 4.69) is 6.92 Å². The largest absolute Gasteiger partial charge is 0.481 e. The molecule has 4 heteroatoms. The Bertz CT molecular complexity index is 467. The van der Waals surface area contributed by atoms with Crippen molar-refractivity contribution < 1.29 is 14.7 Å². The number of benzene rings is 1. The summed E-state index contributed by atoms with van der Waals surface area (Å²) >= 11 is 0. The van der Waals surface area contributed by atoms with Crippen LogP contribution in [0.5, 0.6) is 0 Å². The predicted octanol–water partition coefficient (Wildman–Crippen LogP) is 3.49. The minimum absolute atomic E-state index is 0.00537. The van der Waals surface area contributed by atoms with Gasteiger partial charge in [-0.1, -0.05) is 39.3 Å². The highest BCUT2D eigenvalue weighted by atomic mass is 16.4. The molecule has 1 atom stereocenters. The first-order valence-corrected chi connectivity index (χ1v) is 7.61. The lowest BCUT2D eigenvalue weighted by Gasteiger charge is -2.25. The van der Waals surface area contributed by atoms with Gasteiger partial charge >= 0.3 is 5.97 Å². The summed E-state index contributed by atoms with van der Waals surface area (Å²) in [5, 5.41) is 9.08. The SMILES string of the molecule is CCCCC(=O)N(CC(C)C(=O)O)c1ccc(CC)cc1. The molecule has 0 heterocycles. The quantitative estimate of drug-likeness (QED) is 0.797. The van der Waals surface area contributed by atoms with Crippen molar-refractivity contribution in [2.45, 2.75) is 46.5 Å². The van der Waals surface area contributed by atoms with Gasteiger partial charge in [-0.3, -0.25) is 9.59 Å². The molecule has 0 bridgehead atoms. The van der Waals surface area contributed by atoms with Gasteiger partial charge in [0.15, 0.2) is 0 Å². The Labute approximate surface area is 126 Å². The Hall–Kier alpha value is -1.84. The van der Waals surface area contributed by atoms with Crippen LogP contribution in [0.1, 0.15) is 45.6 Å². The second kappa shape index (κ2) is 8.45. The lowest BCUT2D eigenvalue weighted by atomic mass is 10.1. The highest BCUT2D eigenvalue weighted by molar-refractivity contribution is 5.94. The Morgan fingerprint density at radius 3 is 2.29 bits per heavy atom. The number of carbonyl (C=O) groups excluding carboxylic acids is 1. The molecule has 0 radical (unpaired) electrons. The summed E-state index contributed by atoms with van der Waals surface area (Å²) in [4.78, 5) is 25.0. The van der Waals surface area contributed by atoms with E-state index in [0.717, 1.165) is 24.9 Å². The number of carboxylic acids is 1. The number of aryl methyl sites for hydroxylation is 1. The van der Waals surface area contributed by atoms with Crippen LogP contribution in [0.4, 0.5) is 5.69 Å². The molecule has 21 heavy (non-hydrogen) atoms. The van der Waals surface area contributed by atoms with E-state index in [1.807, 2.05) is 31.2 Å². The number of hydrogen-bond donors (Lipinski definition) is 1. The number of unbranched alkanes of at least 4 members (excludes halogenated alkanes) is 1. The Kier molecular flexibility index (Phi) is 6.92. The molecular formula is C17H25NO3. The third kappa shape index (κ3) is 5.21. The van der Waals surface area contributed by atoms with E-state index in [1.165, 1.54) is 5.56 Å². The molecule has 1 aromatic rings. The third-order valence-electron chi connectivity index (χ3n) is 3.58. The number of amides is 1. The van der Waals surface area contributed by atoms with Crippen LogP contribution in [0, 0.1) is 5.92 Å². The molecule has 1 unspecified atom stereocenters. The Morgan fingerprint density at radius 1 is 1.19 bits per heavy atom. The van der Waals surface area contributed by atoms with E-state index >= 15 is 0 Å². The molecule has 0 aromatic heterocycles. The maximum atomic E-state index is 12.3. The van der Waals surface area contributed by atoms with Crippen molar-refractivity contribution in [3.63, 3.8) is 0 Å². The minimum atomic E-state index is -0.881. The predicted molar refractivity (Wildman–Crippen MR) is 84.5 cm³/mol. The summed E-state index contributed by atoms with van der Waals surface area (Å²) in [6, 6.07) is 7.77. The molecule has 4 nitrogen and oxygen atoms in total. The van der Waals surface area contributed by atoms with Gasteiger partial charge in [-0.2, -0.15) is 0 Å². The first-order chi connectivity index (χ1) is 9.99. The highest BCUT2D eigenvalue weighted by Gasteiger charge is 2.21. The van der Waals surface area contributed by atoms with Gasteiger partial charge in [-0.05, 0) is 30.5 Å². The van der Waals surface area contributed by atoms with Crippen LogP contribution in [0.2, 0.25) is 0 Å². The van der Waals surface area contributed by atoms with Crippen molar-refractivity contribution >= 4 is 17.6 Å².